The molecule has 0 radical (unpaired) electrons. The summed E-state index contributed by atoms with van der Waals surface area (Å²) in [5.74, 6) is 0.833. The van der Waals surface area contributed by atoms with Crippen LogP contribution in [0.15, 0.2) is 22.8 Å². The van der Waals surface area contributed by atoms with Gasteiger partial charge in [0.05, 0.1) is 5.69 Å². The molecule has 0 spiro atoms. The van der Waals surface area contributed by atoms with Crippen molar-refractivity contribution in [3.05, 3.63) is 28.5 Å². The number of halogens is 1. The van der Waals surface area contributed by atoms with Crippen molar-refractivity contribution in [3.8, 4) is 0 Å². The molecular weight excluding hydrogens is 290 g/mol. The molecule has 1 fully saturated rings. The second kappa shape index (κ2) is 7.22. The molecule has 1 aliphatic rings. The van der Waals surface area contributed by atoms with Crippen LogP contribution in [-0.4, -0.2) is 36.1 Å². The van der Waals surface area contributed by atoms with E-state index in [1.165, 1.54) is 32.5 Å². The minimum atomic E-state index is 0.833. The van der Waals surface area contributed by atoms with Crippen molar-refractivity contribution in [1.29, 1.82) is 0 Å². The normalized spacial score (nSPS) is 18.1. The van der Waals surface area contributed by atoms with Gasteiger partial charge in [-0.3, -0.25) is 0 Å². The van der Waals surface area contributed by atoms with Gasteiger partial charge in [-0.1, -0.05) is 13.0 Å². The van der Waals surface area contributed by atoms with E-state index in [1.54, 1.807) is 0 Å². The molecule has 18 heavy (non-hydrogen) atoms. The van der Waals surface area contributed by atoms with Gasteiger partial charge in [-0.05, 0) is 73.0 Å². The van der Waals surface area contributed by atoms with Crippen LogP contribution in [0.3, 0.4) is 0 Å². The van der Waals surface area contributed by atoms with Crippen molar-refractivity contribution in [2.24, 2.45) is 5.92 Å². The Hall–Kier alpha value is -0.450. The van der Waals surface area contributed by atoms with Crippen LogP contribution in [0.5, 0.6) is 0 Å². The van der Waals surface area contributed by atoms with Gasteiger partial charge >= 0.3 is 0 Å². The smallest absolute Gasteiger partial charge is 0.106 e. The molecule has 3 nitrogen and oxygen atoms in total. The quantitative estimate of drug-likeness (QED) is 0.847. The second-order valence-corrected chi connectivity index (χ2v) is 5.77. The fourth-order valence-electron chi connectivity index (χ4n) is 2.46. The number of hydrogen-bond donors (Lipinski definition) is 1. The molecule has 4 heteroatoms. The third kappa shape index (κ3) is 4.34. The maximum absolute atomic E-state index is 4.43. The Morgan fingerprint density at radius 3 is 2.83 bits per heavy atom. The van der Waals surface area contributed by atoms with Crippen molar-refractivity contribution in [2.75, 3.05) is 26.2 Å². The average molecular weight is 312 g/mol. The van der Waals surface area contributed by atoms with Crippen LogP contribution < -0.4 is 5.32 Å². The molecule has 1 saturated heterocycles. The molecule has 1 aromatic rings. The van der Waals surface area contributed by atoms with E-state index in [2.05, 4.69) is 44.1 Å². The summed E-state index contributed by atoms with van der Waals surface area (Å²) in [5.41, 5.74) is 1.11. The number of likely N-dealkylation sites (tertiary alicyclic amines) is 1. The summed E-state index contributed by atoms with van der Waals surface area (Å²) in [6.07, 6.45) is 2.65. The molecular formula is C14H22BrN3. The van der Waals surface area contributed by atoms with Crippen LogP contribution in [0.25, 0.3) is 0 Å². The van der Waals surface area contributed by atoms with Crippen molar-refractivity contribution >= 4 is 15.9 Å². The van der Waals surface area contributed by atoms with Gasteiger partial charge in [-0.25, -0.2) is 4.98 Å². The molecule has 1 N–H and O–H groups in total. The van der Waals surface area contributed by atoms with Gasteiger partial charge in [0.1, 0.15) is 4.60 Å². The van der Waals surface area contributed by atoms with E-state index in [0.717, 1.165) is 29.3 Å². The molecule has 0 unspecified atom stereocenters. The first-order chi connectivity index (χ1) is 8.78. The van der Waals surface area contributed by atoms with Crippen molar-refractivity contribution in [1.82, 2.24) is 15.2 Å². The summed E-state index contributed by atoms with van der Waals surface area (Å²) in [6, 6.07) is 6.06. The first kappa shape index (κ1) is 14.0. The maximum Gasteiger partial charge on any atom is 0.106 e. The fraction of sp³-hybridized carbons (Fsp3) is 0.643. The van der Waals surface area contributed by atoms with Gasteiger partial charge in [0, 0.05) is 6.54 Å². The number of nitrogens with zero attached hydrogens (tertiary/aromatic N) is 2. The zero-order valence-corrected chi connectivity index (χ0v) is 12.6. The highest BCUT2D eigenvalue weighted by Crippen LogP contribution is 2.16. The molecule has 0 aromatic carbocycles. The van der Waals surface area contributed by atoms with Crippen molar-refractivity contribution in [2.45, 2.75) is 26.3 Å². The minimum absolute atomic E-state index is 0.833. The predicted octanol–water partition coefficient (Wildman–Crippen LogP) is 2.67. The third-order valence-corrected chi connectivity index (χ3v) is 4.11. The minimum Gasteiger partial charge on any atom is -0.311 e. The summed E-state index contributed by atoms with van der Waals surface area (Å²) in [6.45, 7) is 7.95. The Balaban J connectivity index is 1.67. The number of rotatable bonds is 5. The molecule has 2 rings (SSSR count). The summed E-state index contributed by atoms with van der Waals surface area (Å²) < 4.78 is 0.915. The second-order valence-electron chi connectivity index (χ2n) is 4.96. The Morgan fingerprint density at radius 2 is 2.17 bits per heavy atom. The molecule has 1 aromatic heterocycles. The largest absolute Gasteiger partial charge is 0.311 e. The van der Waals surface area contributed by atoms with Crippen LogP contribution >= 0.6 is 15.9 Å². The number of hydrogen-bond acceptors (Lipinski definition) is 3. The Kier molecular flexibility index (Phi) is 5.60. The molecule has 2 heterocycles. The third-order valence-electron chi connectivity index (χ3n) is 3.67. The van der Waals surface area contributed by atoms with Crippen LogP contribution in [0.4, 0.5) is 0 Å². The number of pyridine rings is 1. The Labute approximate surface area is 118 Å². The van der Waals surface area contributed by atoms with Gasteiger partial charge in [0.2, 0.25) is 0 Å². The molecule has 0 bridgehead atoms. The van der Waals surface area contributed by atoms with Crippen LogP contribution in [0.1, 0.15) is 25.5 Å². The van der Waals surface area contributed by atoms with E-state index in [-0.39, 0.29) is 0 Å². The monoisotopic (exact) mass is 311 g/mol. The summed E-state index contributed by atoms with van der Waals surface area (Å²) in [4.78, 5) is 6.96. The topological polar surface area (TPSA) is 28.2 Å². The van der Waals surface area contributed by atoms with Gasteiger partial charge in [-0.15, -0.1) is 0 Å². The highest BCUT2D eigenvalue weighted by atomic mass is 79.9. The molecule has 0 amide bonds. The predicted molar refractivity (Wildman–Crippen MR) is 78.5 cm³/mol. The maximum atomic E-state index is 4.43. The zero-order valence-electron chi connectivity index (χ0n) is 11.0. The molecule has 1 aliphatic heterocycles. The first-order valence-corrected chi connectivity index (χ1v) is 7.61. The van der Waals surface area contributed by atoms with Gasteiger partial charge < -0.3 is 10.2 Å². The van der Waals surface area contributed by atoms with E-state index in [1.807, 2.05) is 12.1 Å². The highest BCUT2D eigenvalue weighted by Gasteiger charge is 2.17. The molecule has 0 atom stereocenters. The van der Waals surface area contributed by atoms with E-state index in [4.69, 9.17) is 0 Å². The van der Waals surface area contributed by atoms with E-state index in [0.29, 0.717) is 0 Å². The molecule has 100 valence electrons. The number of piperidine rings is 1. The first-order valence-electron chi connectivity index (χ1n) is 6.82. The lowest BCUT2D eigenvalue weighted by atomic mass is 9.97. The van der Waals surface area contributed by atoms with Gasteiger partial charge in [0.25, 0.3) is 0 Å². The van der Waals surface area contributed by atoms with Crippen molar-refractivity contribution in [3.63, 3.8) is 0 Å². The van der Waals surface area contributed by atoms with Crippen LogP contribution in [0.2, 0.25) is 0 Å². The molecule has 0 saturated carbocycles. The van der Waals surface area contributed by atoms with Crippen LogP contribution in [0, 0.1) is 5.92 Å². The summed E-state index contributed by atoms with van der Waals surface area (Å²) in [7, 11) is 0. The Morgan fingerprint density at radius 1 is 1.39 bits per heavy atom. The lowest BCUT2D eigenvalue weighted by Gasteiger charge is -2.31. The molecule has 0 aliphatic carbocycles. The van der Waals surface area contributed by atoms with Gasteiger partial charge in [-0.2, -0.15) is 0 Å². The highest BCUT2D eigenvalue weighted by molar-refractivity contribution is 9.10. The van der Waals surface area contributed by atoms with Gasteiger partial charge in [0.15, 0.2) is 0 Å². The van der Waals surface area contributed by atoms with Crippen molar-refractivity contribution < 1.29 is 0 Å². The Bertz CT molecular complexity index is 362. The average Bonchev–Trinajstić information content (AvgIpc) is 2.40. The lowest BCUT2D eigenvalue weighted by molar-refractivity contribution is 0.190. The number of aromatic nitrogens is 1. The van der Waals surface area contributed by atoms with Crippen LogP contribution in [-0.2, 0) is 6.54 Å². The van der Waals surface area contributed by atoms with E-state index in [9.17, 15) is 0 Å². The van der Waals surface area contributed by atoms with E-state index < -0.39 is 0 Å². The fourth-order valence-corrected chi connectivity index (χ4v) is 2.84. The summed E-state index contributed by atoms with van der Waals surface area (Å²) in [5, 5.41) is 3.53. The zero-order chi connectivity index (χ0) is 12.8. The SMILES string of the molecule is CCN1CCC(CNCc2cccc(Br)n2)CC1. The van der Waals surface area contributed by atoms with E-state index >= 15 is 0 Å². The number of nitrogens with one attached hydrogen (secondary N) is 1. The summed E-state index contributed by atoms with van der Waals surface area (Å²) >= 11 is 3.40. The lowest BCUT2D eigenvalue weighted by Crippen LogP contribution is -2.37. The standard InChI is InChI=1S/C14H22BrN3/c1-2-18-8-6-12(7-9-18)10-16-11-13-4-3-5-14(15)17-13/h3-5,12,16H,2,6-11H2,1H3.